The molecule has 0 aromatic heterocycles. The molecule has 1 aliphatic rings. The Morgan fingerprint density at radius 1 is 1.29 bits per heavy atom. The van der Waals surface area contributed by atoms with Gasteiger partial charge in [0.2, 0.25) is 0 Å². The van der Waals surface area contributed by atoms with Gasteiger partial charge in [-0.1, -0.05) is 47.0 Å². The maximum Gasteiger partial charge on any atom is 0.0695 e. The molecule has 17 heavy (non-hydrogen) atoms. The summed E-state index contributed by atoms with van der Waals surface area (Å²) in [4.78, 5) is 2.28. The maximum absolute atomic E-state index is 10.0. The van der Waals surface area contributed by atoms with E-state index in [0.717, 1.165) is 23.9 Å². The monoisotopic (exact) mass is 297 g/mol. The molecule has 2 nitrogen and oxygen atoms in total. The number of nitrogens with zero attached hydrogens (tertiary/aromatic N) is 1. The predicted molar refractivity (Wildman–Crippen MR) is 73.9 cm³/mol. The molecule has 2 atom stereocenters. The van der Waals surface area contributed by atoms with Gasteiger partial charge in [0.25, 0.3) is 0 Å². The van der Waals surface area contributed by atoms with E-state index in [4.69, 9.17) is 0 Å². The van der Waals surface area contributed by atoms with E-state index in [1.807, 2.05) is 6.07 Å². The van der Waals surface area contributed by atoms with Gasteiger partial charge in [-0.05, 0) is 31.5 Å². The van der Waals surface area contributed by atoms with Crippen molar-refractivity contribution in [3.05, 3.63) is 34.3 Å². The summed E-state index contributed by atoms with van der Waals surface area (Å²) in [5.41, 5.74) is 1.28. The minimum absolute atomic E-state index is 0.156. The summed E-state index contributed by atoms with van der Waals surface area (Å²) in [7, 11) is 2.11. The number of hydrogen-bond acceptors (Lipinski definition) is 2. The van der Waals surface area contributed by atoms with Crippen molar-refractivity contribution in [2.45, 2.75) is 44.4 Å². The minimum atomic E-state index is -0.156. The van der Waals surface area contributed by atoms with Crippen LogP contribution in [0.4, 0.5) is 0 Å². The first-order valence-corrected chi connectivity index (χ1v) is 7.09. The Balaban J connectivity index is 2.01. The van der Waals surface area contributed by atoms with Crippen LogP contribution in [-0.2, 0) is 6.54 Å². The topological polar surface area (TPSA) is 23.5 Å². The molecule has 0 amide bonds. The van der Waals surface area contributed by atoms with Crippen molar-refractivity contribution in [3.8, 4) is 0 Å². The van der Waals surface area contributed by atoms with Gasteiger partial charge in [0, 0.05) is 17.1 Å². The average Bonchev–Trinajstić information content (AvgIpc) is 2.32. The van der Waals surface area contributed by atoms with Gasteiger partial charge in [0.05, 0.1) is 6.10 Å². The Bertz CT molecular complexity index is 369. The molecule has 0 saturated heterocycles. The van der Waals surface area contributed by atoms with Gasteiger partial charge >= 0.3 is 0 Å². The van der Waals surface area contributed by atoms with E-state index >= 15 is 0 Å². The fourth-order valence-corrected chi connectivity index (χ4v) is 3.03. The molecular weight excluding hydrogens is 278 g/mol. The van der Waals surface area contributed by atoms with Crippen LogP contribution in [0.15, 0.2) is 28.7 Å². The SMILES string of the molecule is CN(Cc1ccccc1Br)C1CCCCC1O. The smallest absolute Gasteiger partial charge is 0.0695 e. The Morgan fingerprint density at radius 2 is 2.00 bits per heavy atom. The molecule has 2 rings (SSSR count). The first kappa shape index (κ1) is 13.1. The van der Waals surface area contributed by atoms with Crippen LogP contribution < -0.4 is 0 Å². The number of likely N-dealkylation sites (N-methyl/N-ethyl adjacent to an activating group) is 1. The van der Waals surface area contributed by atoms with Crippen molar-refractivity contribution in [1.29, 1.82) is 0 Å². The first-order valence-electron chi connectivity index (χ1n) is 6.30. The van der Waals surface area contributed by atoms with E-state index in [0.29, 0.717) is 6.04 Å². The molecule has 3 heteroatoms. The predicted octanol–water partition coefficient (Wildman–Crippen LogP) is 3.18. The van der Waals surface area contributed by atoms with Crippen LogP contribution in [-0.4, -0.2) is 29.2 Å². The summed E-state index contributed by atoms with van der Waals surface area (Å²) in [6.07, 6.45) is 4.31. The summed E-state index contributed by atoms with van der Waals surface area (Å²) in [6.45, 7) is 0.892. The quantitative estimate of drug-likeness (QED) is 0.926. The molecule has 1 saturated carbocycles. The highest BCUT2D eigenvalue weighted by Gasteiger charge is 2.26. The van der Waals surface area contributed by atoms with Gasteiger partial charge in [-0.2, -0.15) is 0 Å². The van der Waals surface area contributed by atoms with E-state index in [1.54, 1.807) is 0 Å². The third kappa shape index (κ3) is 3.30. The van der Waals surface area contributed by atoms with Gasteiger partial charge < -0.3 is 5.11 Å². The molecule has 1 aromatic carbocycles. The van der Waals surface area contributed by atoms with Crippen LogP contribution in [0.2, 0.25) is 0 Å². The van der Waals surface area contributed by atoms with Crippen LogP contribution in [0.5, 0.6) is 0 Å². The first-order chi connectivity index (χ1) is 8.18. The fraction of sp³-hybridized carbons (Fsp3) is 0.571. The van der Waals surface area contributed by atoms with E-state index < -0.39 is 0 Å². The third-order valence-electron chi connectivity index (χ3n) is 3.64. The molecule has 1 aliphatic carbocycles. The number of aliphatic hydroxyl groups excluding tert-OH is 1. The maximum atomic E-state index is 10.0. The van der Waals surface area contributed by atoms with Gasteiger partial charge in [-0.25, -0.2) is 0 Å². The zero-order valence-corrected chi connectivity index (χ0v) is 11.9. The van der Waals surface area contributed by atoms with Crippen LogP contribution in [0.1, 0.15) is 31.2 Å². The molecule has 1 aromatic rings. The minimum Gasteiger partial charge on any atom is -0.391 e. The molecule has 0 bridgehead atoms. The molecule has 94 valence electrons. The lowest BCUT2D eigenvalue weighted by molar-refractivity contribution is 0.0287. The molecule has 0 aliphatic heterocycles. The number of rotatable bonds is 3. The Hall–Kier alpha value is -0.380. The Morgan fingerprint density at radius 3 is 2.71 bits per heavy atom. The van der Waals surface area contributed by atoms with Gasteiger partial charge in [-0.15, -0.1) is 0 Å². The highest BCUT2D eigenvalue weighted by molar-refractivity contribution is 9.10. The zero-order valence-electron chi connectivity index (χ0n) is 10.3. The van der Waals surface area contributed by atoms with Crippen molar-refractivity contribution in [2.75, 3.05) is 7.05 Å². The summed E-state index contributed by atoms with van der Waals surface area (Å²) in [6, 6.07) is 8.61. The van der Waals surface area contributed by atoms with Gasteiger partial charge in [0.1, 0.15) is 0 Å². The van der Waals surface area contributed by atoms with Crippen LogP contribution >= 0.6 is 15.9 Å². The van der Waals surface area contributed by atoms with Crippen LogP contribution in [0, 0.1) is 0 Å². The summed E-state index contributed by atoms with van der Waals surface area (Å²) in [5.74, 6) is 0. The largest absolute Gasteiger partial charge is 0.391 e. The molecule has 0 radical (unpaired) electrons. The van der Waals surface area contributed by atoms with Crippen molar-refractivity contribution >= 4 is 15.9 Å². The van der Waals surface area contributed by atoms with E-state index in [2.05, 4.69) is 46.1 Å². The molecular formula is C14H20BrNO. The van der Waals surface area contributed by atoms with E-state index in [-0.39, 0.29) is 6.10 Å². The number of aliphatic hydroxyl groups is 1. The van der Waals surface area contributed by atoms with E-state index in [1.165, 1.54) is 18.4 Å². The highest BCUT2D eigenvalue weighted by atomic mass is 79.9. The second-order valence-electron chi connectivity index (χ2n) is 4.93. The molecule has 0 spiro atoms. The highest BCUT2D eigenvalue weighted by Crippen LogP contribution is 2.25. The van der Waals surface area contributed by atoms with Crippen molar-refractivity contribution in [2.24, 2.45) is 0 Å². The normalized spacial score (nSPS) is 25.2. The summed E-state index contributed by atoms with van der Waals surface area (Å²) in [5, 5.41) is 10.0. The van der Waals surface area contributed by atoms with Crippen LogP contribution in [0.3, 0.4) is 0 Å². The number of hydrogen-bond donors (Lipinski definition) is 1. The zero-order chi connectivity index (χ0) is 12.3. The average molecular weight is 298 g/mol. The molecule has 2 unspecified atom stereocenters. The molecule has 1 fully saturated rings. The second-order valence-corrected chi connectivity index (χ2v) is 5.78. The Labute approximate surface area is 112 Å². The van der Waals surface area contributed by atoms with Gasteiger partial charge in [-0.3, -0.25) is 4.90 Å². The summed E-state index contributed by atoms with van der Waals surface area (Å²) >= 11 is 3.57. The fourth-order valence-electron chi connectivity index (χ4n) is 2.62. The third-order valence-corrected chi connectivity index (χ3v) is 4.41. The molecule has 0 heterocycles. The van der Waals surface area contributed by atoms with E-state index in [9.17, 15) is 5.11 Å². The standard InChI is InChI=1S/C14H20BrNO/c1-16(13-8-4-5-9-14(13)17)10-11-6-2-3-7-12(11)15/h2-3,6-7,13-14,17H,4-5,8-10H2,1H3. The second kappa shape index (κ2) is 5.98. The van der Waals surface area contributed by atoms with Crippen molar-refractivity contribution < 1.29 is 5.11 Å². The lowest BCUT2D eigenvalue weighted by atomic mass is 9.91. The van der Waals surface area contributed by atoms with Crippen LogP contribution in [0.25, 0.3) is 0 Å². The molecule has 1 N–H and O–H groups in total. The summed E-state index contributed by atoms with van der Waals surface area (Å²) < 4.78 is 1.15. The van der Waals surface area contributed by atoms with Crippen molar-refractivity contribution in [3.63, 3.8) is 0 Å². The number of halogens is 1. The lowest BCUT2D eigenvalue weighted by Crippen LogP contribution is -2.42. The van der Waals surface area contributed by atoms with Gasteiger partial charge in [0.15, 0.2) is 0 Å². The van der Waals surface area contributed by atoms with Crippen molar-refractivity contribution in [1.82, 2.24) is 4.90 Å². The number of benzene rings is 1. The lowest BCUT2D eigenvalue weighted by Gasteiger charge is -2.35. The Kier molecular flexibility index (Phi) is 4.60.